The predicted octanol–water partition coefficient (Wildman–Crippen LogP) is 3.63. The molecule has 7 heteroatoms. The van der Waals surface area contributed by atoms with Crippen LogP contribution in [0.1, 0.15) is 40.5 Å². The molecule has 0 saturated carbocycles. The summed E-state index contributed by atoms with van der Waals surface area (Å²) in [5.74, 6) is 1.55. The molecule has 7 nitrogen and oxygen atoms in total. The van der Waals surface area contributed by atoms with Gasteiger partial charge in [-0.3, -0.25) is 4.40 Å². The van der Waals surface area contributed by atoms with Crippen molar-refractivity contribution >= 4 is 17.4 Å². The number of anilines is 2. The maximum atomic E-state index is 4.81. The molecule has 0 aliphatic rings. The van der Waals surface area contributed by atoms with Crippen molar-refractivity contribution < 1.29 is 0 Å². The first-order valence-electron chi connectivity index (χ1n) is 9.31. The molecule has 3 heterocycles. The summed E-state index contributed by atoms with van der Waals surface area (Å²) in [6.45, 7) is 10.4. The average Bonchev–Trinajstić information content (AvgIpc) is 3.06. The molecule has 0 radical (unpaired) electrons. The fraction of sp³-hybridized carbons (Fsp3) is 0.474. The van der Waals surface area contributed by atoms with Crippen LogP contribution < -0.4 is 10.2 Å². The van der Waals surface area contributed by atoms with Crippen LogP contribution in [0.2, 0.25) is 0 Å². The van der Waals surface area contributed by atoms with Crippen LogP contribution >= 0.6 is 0 Å². The fourth-order valence-corrected chi connectivity index (χ4v) is 2.98. The second-order valence-electron chi connectivity index (χ2n) is 6.64. The number of hydrogen-bond donors (Lipinski definition) is 1. The van der Waals surface area contributed by atoms with Crippen molar-refractivity contribution in [3.63, 3.8) is 0 Å². The van der Waals surface area contributed by atoms with Gasteiger partial charge in [0, 0.05) is 37.7 Å². The first-order valence-corrected chi connectivity index (χ1v) is 9.31. The van der Waals surface area contributed by atoms with Gasteiger partial charge in [0.2, 0.25) is 5.95 Å². The van der Waals surface area contributed by atoms with E-state index in [4.69, 9.17) is 4.98 Å². The Morgan fingerprint density at radius 3 is 2.54 bits per heavy atom. The number of nitrogens with one attached hydrogen (secondary N) is 1. The Bertz CT molecular complexity index is 850. The highest BCUT2D eigenvalue weighted by Crippen LogP contribution is 2.23. The van der Waals surface area contributed by atoms with E-state index >= 15 is 0 Å². The zero-order chi connectivity index (χ0) is 18.5. The van der Waals surface area contributed by atoms with Gasteiger partial charge in [-0.25, -0.2) is 19.9 Å². The Morgan fingerprint density at radius 2 is 1.85 bits per heavy atom. The summed E-state index contributed by atoms with van der Waals surface area (Å²) in [4.78, 5) is 20.5. The molecule has 0 bridgehead atoms. The standard InChI is InChI=1S/C19H27N7/c1-5-10-25(11-6-2)19-21-8-7-15(24-19)16-13-22-18-17(23-14(3)4)20-9-12-26(16)18/h7-9,12-14H,5-6,10-11H2,1-4H3,(H,20,23). The molecule has 0 aromatic carbocycles. The highest BCUT2D eigenvalue weighted by atomic mass is 15.2. The molecule has 0 aliphatic heterocycles. The highest BCUT2D eigenvalue weighted by molar-refractivity contribution is 5.69. The SMILES string of the molecule is CCCN(CCC)c1nccc(-c2cnc3c(NC(C)C)nccn23)n1. The molecule has 0 spiro atoms. The second kappa shape index (κ2) is 8.12. The lowest BCUT2D eigenvalue weighted by Crippen LogP contribution is -2.26. The van der Waals surface area contributed by atoms with Crippen LogP contribution in [0.25, 0.3) is 17.0 Å². The van der Waals surface area contributed by atoms with Gasteiger partial charge in [-0.15, -0.1) is 0 Å². The summed E-state index contributed by atoms with van der Waals surface area (Å²) in [6.07, 6.45) is 9.51. The number of rotatable bonds is 8. The maximum absolute atomic E-state index is 4.81. The number of imidazole rings is 1. The van der Waals surface area contributed by atoms with Crippen molar-refractivity contribution in [2.24, 2.45) is 0 Å². The minimum atomic E-state index is 0.288. The molecule has 138 valence electrons. The van der Waals surface area contributed by atoms with Crippen LogP contribution in [0.3, 0.4) is 0 Å². The summed E-state index contributed by atoms with van der Waals surface area (Å²) < 4.78 is 2.02. The van der Waals surface area contributed by atoms with Crippen LogP contribution in [0.5, 0.6) is 0 Å². The van der Waals surface area contributed by atoms with E-state index in [1.807, 2.05) is 29.1 Å². The van der Waals surface area contributed by atoms with Crippen molar-refractivity contribution in [3.05, 3.63) is 30.9 Å². The monoisotopic (exact) mass is 353 g/mol. The topological polar surface area (TPSA) is 71.2 Å². The Hall–Kier alpha value is -2.70. The van der Waals surface area contributed by atoms with Gasteiger partial charge in [-0.05, 0) is 32.8 Å². The van der Waals surface area contributed by atoms with Crippen LogP contribution in [0.15, 0.2) is 30.9 Å². The number of nitrogens with zero attached hydrogens (tertiary/aromatic N) is 6. The average molecular weight is 353 g/mol. The molecule has 3 aromatic heterocycles. The van der Waals surface area contributed by atoms with Crippen molar-refractivity contribution in [2.45, 2.75) is 46.6 Å². The smallest absolute Gasteiger partial charge is 0.225 e. The molecular formula is C19H27N7. The van der Waals surface area contributed by atoms with Crippen LogP contribution in [0, 0.1) is 0 Å². The van der Waals surface area contributed by atoms with E-state index in [-0.39, 0.29) is 6.04 Å². The Morgan fingerprint density at radius 1 is 1.08 bits per heavy atom. The zero-order valence-electron chi connectivity index (χ0n) is 16.0. The highest BCUT2D eigenvalue weighted by Gasteiger charge is 2.14. The Labute approximate surface area is 154 Å². The van der Waals surface area contributed by atoms with Gasteiger partial charge in [0.05, 0.1) is 17.6 Å². The summed E-state index contributed by atoms with van der Waals surface area (Å²) in [6, 6.07) is 2.22. The lowest BCUT2D eigenvalue weighted by molar-refractivity contribution is 0.721. The summed E-state index contributed by atoms with van der Waals surface area (Å²) >= 11 is 0. The number of aromatic nitrogens is 5. The van der Waals surface area contributed by atoms with Crippen molar-refractivity contribution in [2.75, 3.05) is 23.3 Å². The van der Waals surface area contributed by atoms with Gasteiger partial charge >= 0.3 is 0 Å². The molecule has 0 fully saturated rings. The van der Waals surface area contributed by atoms with Gasteiger partial charge in [0.15, 0.2) is 11.5 Å². The summed E-state index contributed by atoms with van der Waals surface area (Å²) in [5, 5.41) is 3.34. The fourth-order valence-electron chi connectivity index (χ4n) is 2.98. The zero-order valence-corrected chi connectivity index (χ0v) is 16.0. The lowest BCUT2D eigenvalue weighted by Gasteiger charge is -2.21. The van der Waals surface area contributed by atoms with E-state index in [0.29, 0.717) is 0 Å². The van der Waals surface area contributed by atoms with Gasteiger partial charge in [-0.2, -0.15) is 0 Å². The molecule has 0 unspecified atom stereocenters. The molecule has 26 heavy (non-hydrogen) atoms. The summed E-state index contributed by atoms with van der Waals surface area (Å²) in [5.41, 5.74) is 2.60. The van der Waals surface area contributed by atoms with E-state index < -0.39 is 0 Å². The molecule has 1 N–H and O–H groups in total. The van der Waals surface area contributed by atoms with Crippen LogP contribution in [0.4, 0.5) is 11.8 Å². The van der Waals surface area contributed by atoms with E-state index in [2.05, 4.69) is 52.9 Å². The van der Waals surface area contributed by atoms with E-state index in [1.165, 1.54) is 0 Å². The molecule has 3 rings (SSSR count). The van der Waals surface area contributed by atoms with Crippen LogP contribution in [-0.4, -0.2) is 43.5 Å². The lowest BCUT2D eigenvalue weighted by atomic mass is 10.3. The molecule has 0 saturated heterocycles. The molecule has 0 amide bonds. The Balaban J connectivity index is 2.00. The van der Waals surface area contributed by atoms with E-state index in [9.17, 15) is 0 Å². The molecule has 0 atom stereocenters. The first kappa shape index (κ1) is 18.1. The van der Waals surface area contributed by atoms with Crippen molar-refractivity contribution in [1.82, 2.24) is 24.3 Å². The second-order valence-corrected chi connectivity index (χ2v) is 6.64. The normalized spacial score (nSPS) is 11.3. The third-order valence-electron chi connectivity index (χ3n) is 4.03. The third-order valence-corrected chi connectivity index (χ3v) is 4.03. The quantitative estimate of drug-likeness (QED) is 0.667. The Kier molecular flexibility index (Phi) is 5.65. The molecule has 0 aliphatic carbocycles. The van der Waals surface area contributed by atoms with Gasteiger partial charge in [0.1, 0.15) is 0 Å². The first-order chi connectivity index (χ1) is 12.6. The van der Waals surface area contributed by atoms with Crippen LogP contribution in [-0.2, 0) is 0 Å². The molecule has 3 aromatic rings. The van der Waals surface area contributed by atoms with Gasteiger partial charge in [-0.1, -0.05) is 13.8 Å². The minimum absolute atomic E-state index is 0.288. The largest absolute Gasteiger partial charge is 0.365 e. The molecular weight excluding hydrogens is 326 g/mol. The van der Waals surface area contributed by atoms with Crippen molar-refractivity contribution in [1.29, 1.82) is 0 Å². The van der Waals surface area contributed by atoms with Gasteiger partial charge < -0.3 is 10.2 Å². The van der Waals surface area contributed by atoms with E-state index in [0.717, 1.165) is 54.7 Å². The number of hydrogen-bond acceptors (Lipinski definition) is 6. The summed E-state index contributed by atoms with van der Waals surface area (Å²) in [7, 11) is 0. The predicted molar refractivity (Wildman–Crippen MR) is 106 cm³/mol. The van der Waals surface area contributed by atoms with Crippen molar-refractivity contribution in [3.8, 4) is 11.4 Å². The maximum Gasteiger partial charge on any atom is 0.225 e. The number of fused-ring (bicyclic) bond motifs is 1. The van der Waals surface area contributed by atoms with Gasteiger partial charge in [0.25, 0.3) is 0 Å². The van der Waals surface area contributed by atoms with E-state index in [1.54, 1.807) is 6.20 Å². The minimum Gasteiger partial charge on any atom is -0.365 e. The third kappa shape index (κ3) is 3.76.